The molecule has 3 N–H and O–H groups in total. The van der Waals surface area contributed by atoms with Crippen LogP contribution in [0.3, 0.4) is 0 Å². The lowest BCUT2D eigenvalue weighted by molar-refractivity contribution is 0.554. The van der Waals surface area contributed by atoms with Gasteiger partial charge in [-0.15, -0.1) is 0 Å². The van der Waals surface area contributed by atoms with Crippen molar-refractivity contribution in [2.75, 3.05) is 13.1 Å². The zero-order valence-electron chi connectivity index (χ0n) is 6.09. The summed E-state index contributed by atoms with van der Waals surface area (Å²) in [5.41, 5.74) is 0. The Kier molecular flexibility index (Phi) is 8.62. The molecule has 0 amide bonds. The topological polar surface area (TPSA) is 72.2 Å². The Morgan fingerprint density at radius 1 is 1.40 bits per heavy atom. The molecule has 0 spiro atoms. The summed E-state index contributed by atoms with van der Waals surface area (Å²) in [5, 5.41) is 6.77. The smallest absolute Gasteiger partial charge is 0.317 e. The highest BCUT2D eigenvalue weighted by molar-refractivity contribution is 7.83. The Morgan fingerprint density at radius 2 is 1.60 bits per heavy atom. The van der Waals surface area contributed by atoms with Crippen molar-refractivity contribution < 1.29 is 12.3 Å². The molecule has 64 valence electrons. The number of rotatable bonds is 2. The molecular weight excluding hydrogens is 159 g/mol. The van der Waals surface area contributed by atoms with E-state index in [9.17, 15) is 3.89 Å². The largest absolute Gasteiger partial charge is 0.369 e. The first kappa shape index (κ1) is 12.5. The maximum atomic E-state index is 10.4. The third kappa shape index (κ3) is 111. The minimum Gasteiger partial charge on any atom is -0.317 e. The van der Waals surface area contributed by atoms with E-state index >= 15 is 0 Å². The Bertz CT molecular complexity index is 135. The second-order valence-electron chi connectivity index (χ2n) is 1.43. The van der Waals surface area contributed by atoms with Crippen molar-refractivity contribution in [3.63, 3.8) is 0 Å². The van der Waals surface area contributed by atoms with E-state index in [4.69, 9.17) is 8.42 Å². The lowest BCUT2D eigenvalue weighted by Crippen LogP contribution is -2.09. The summed E-state index contributed by atoms with van der Waals surface area (Å²) >= 11 is 0. The van der Waals surface area contributed by atoms with Gasteiger partial charge >= 0.3 is 10.4 Å². The molecule has 0 aliphatic carbocycles. The third-order valence-corrected chi connectivity index (χ3v) is 0.500. The molecule has 0 unspecified atom stereocenters. The Morgan fingerprint density at radius 3 is 1.60 bits per heavy atom. The molecule has 4 nitrogen and oxygen atoms in total. The van der Waals surface area contributed by atoms with Crippen LogP contribution >= 0.6 is 0 Å². The van der Waals surface area contributed by atoms with Gasteiger partial charge in [0.15, 0.2) is 0 Å². The van der Waals surface area contributed by atoms with Gasteiger partial charge < -0.3 is 5.32 Å². The standard InChI is InChI=1S/C4H11N.FH2NO2S/c1-3-5-4-2;1-5(2,3)4/h5H,3-4H2,1-2H3;(H2,2,3,4). The van der Waals surface area contributed by atoms with E-state index in [2.05, 4.69) is 24.3 Å². The van der Waals surface area contributed by atoms with Crippen molar-refractivity contribution in [2.24, 2.45) is 5.14 Å². The van der Waals surface area contributed by atoms with Crippen LogP contribution in [0, 0.1) is 0 Å². The van der Waals surface area contributed by atoms with Crippen LogP contribution < -0.4 is 10.5 Å². The summed E-state index contributed by atoms with van der Waals surface area (Å²) in [7, 11) is -4.67. The number of hydrogen-bond donors (Lipinski definition) is 2. The van der Waals surface area contributed by atoms with E-state index in [0.29, 0.717) is 0 Å². The number of nitrogens with two attached hydrogens (primary N) is 1. The summed E-state index contributed by atoms with van der Waals surface area (Å²) in [6, 6.07) is 0. The summed E-state index contributed by atoms with van der Waals surface area (Å²) in [6.45, 7) is 6.39. The Balaban J connectivity index is 0. The second kappa shape index (κ2) is 6.91. The lowest BCUT2D eigenvalue weighted by atomic mass is 10.7. The SMILES string of the molecule is CCNCC.NS(=O)(=O)F. The van der Waals surface area contributed by atoms with Crippen LogP contribution in [0.5, 0.6) is 0 Å². The first-order valence-corrected chi connectivity index (χ1v) is 4.29. The minimum absolute atomic E-state index is 1.09. The molecule has 0 fully saturated rings. The van der Waals surface area contributed by atoms with E-state index in [-0.39, 0.29) is 0 Å². The third-order valence-electron chi connectivity index (χ3n) is 0.500. The molecule has 10 heavy (non-hydrogen) atoms. The van der Waals surface area contributed by atoms with Gasteiger partial charge in [-0.2, -0.15) is 8.42 Å². The zero-order valence-corrected chi connectivity index (χ0v) is 6.91. The highest BCUT2D eigenvalue weighted by Gasteiger charge is 1.86. The first-order chi connectivity index (χ1) is 4.41. The summed E-state index contributed by atoms with van der Waals surface area (Å²) in [5.74, 6) is 0. The molecule has 0 heterocycles. The van der Waals surface area contributed by atoms with Crippen LogP contribution in [0.2, 0.25) is 0 Å². The van der Waals surface area contributed by atoms with Crippen LogP contribution in [-0.4, -0.2) is 21.5 Å². The van der Waals surface area contributed by atoms with Crippen molar-refractivity contribution >= 4 is 10.4 Å². The van der Waals surface area contributed by atoms with E-state index in [1.165, 1.54) is 0 Å². The monoisotopic (exact) mass is 172 g/mol. The molecule has 0 aliphatic heterocycles. The van der Waals surface area contributed by atoms with Crippen LogP contribution in [0.15, 0.2) is 0 Å². The average molecular weight is 172 g/mol. The molecule has 0 aromatic carbocycles. The Labute approximate surface area is 61.0 Å². The molecule has 0 saturated heterocycles. The maximum absolute atomic E-state index is 10.4. The van der Waals surface area contributed by atoms with E-state index in [1.807, 2.05) is 0 Å². The van der Waals surface area contributed by atoms with Gasteiger partial charge in [0.1, 0.15) is 0 Å². The minimum atomic E-state index is -4.67. The van der Waals surface area contributed by atoms with Crippen LogP contribution in [0.1, 0.15) is 13.8 Å². The fraction of sp³-hybridized carbons (Fsp3) is 1.00. The van der Waals surface area contributed by atoms with Crippen molar-refractivity contribution in [2.45, 2.75) is 13.8 Å². The predicted molar refractivity (Wildman–Crippen MR) is 38.4 cm³/mol. The molecule has 0 radical (unpaired) electrons. The van der Waals surface area contributed by atoms with Gasteiger partial charge in [-0.25, -0.2) is 5.14 Å². The predicted octanol–water partition coefficient (Wildman–Crippen LogP) is -0.225. The van der Waals surface area contributed by atoms with Crippen LogP contribution in [0.4, 0.5) is 3.89 Å². The van der Waals surface area contributed by atoms with Crippen LogP contribution in [-0.2, 0) is 10.4 Å². The molecule has 0 atom stereocenters. The molecular formula is C4H13FN2O2S. The molecule has 0 aromatic rings. The van der Waals surface area contributed by atoms with Gasteiger partial charge in [-0.05, 0) is 13.1 Å². The number of hydrogen-bond acceptors (Lipinski definition) is 3. The maximum Gasteiger partial charge on any atom is 0.369 e. The van der Waals surface area contributed by atoms with Crippen LogP contribution in [0.25, 0.3) is 0 Å². The van der Waals surface area contributed by atoms with E-state index in [1.54, 1.807) is 0 Å². The van der Waals surface area contributed by atoms with Crippen molar-refractivity contribution in [3.05, 3.63) is 0 Å². The normalized spacial score (nSPS) is 10.0. The van der Waals surface area contributed by atoms with Gasteiger partial charge in [0.2, 0.25) is 0 Å². The molecule has 0 aromatic heterocycles. The molecule has 0 saturated carbocycles. The number of nitrogens with one attached hydrogen (secondary N) is 1. The first-order valence-electron chi connectivity index (χ1n) is 2.84. The van der Waals surface area contributed by atoms with Gasteiger partial charge in [-0.1, -0.05) is 17.7 Å². The molecule has 0 bridgehead atoms. The average Bonchev–Trinajstić information content (AvgIpc) is 1.63. The fourth-order valence-electron chi connectivity index (χ4n) is 0.250. The number of halogens is 1. The van der Waals surface area contributed by atoms with E-state index in [0.717, 1.165) is 13.1 Å². The molecule has 0 rings (SSSR count). The van der Waals surface area contributed by atoms with E-state index < -0.39 is 10.4 Å². The highest BCUT2D eigenvalue weighted by Crippen LogP contribution is 1.67. The summed E-state index contributed by atoms with van der Waals surface area (Å²) in [6.07, 6.45) is 0. The van der Waals surface area contributed by atoms with Gasteiger partial charge in [0.25, 0.3) is 0 Å². The van der Waals surface area contributed by atoms with Gasteiger partial charge in [-0.3, -0.25) is 0 Å². The summed E-state index contributed by atoms with van der Waals surface area (Å²) in [4.78, 5) is 0. The highest BCUT2D eigenvalue weighted by atomic mass is 32.3. The van der Waals surface area contributed by atoms with Gasteiger partial charge in [0.05, 0.1) is 0 Å². The van der Waals surface area contributed by atoms with Crippen molar-refractivity contribution in [3.8, 4) is 0 Å². The second-order valence-corrected chi connectivity index (χ2v) is 2.38. The molecule has 0 aliphatic rings. The van der Waals surface area contributed by atoms with Crippen molar-refractivity contribution in [1.82, 2.24) is 5.32 Å². The van der Waals surface area contributed by atoms with Crippen molar-refractivity contribution in [1.29, 1.82) is 0 Å². The zero-order chi connectivity index (χ0) is 8.62. The van der Waals surface area contributed by atoms with Gasteiger partial charge in [0, 0.05) is 0 Å². The fourth-order valence-corrected chi connectivity index (χ4v) is 0.250. The quantitative estimate of drug-likeness (QED) is 0.565. The molecule has 6 heteroatoms. The summed E-state index contributed by atoms with van der Waals surface area (Å²) < 4.78 is 27.9. The lowest BCUT2D eigenvalue weighted by Gasteiger charge is -1.86. The Hall–Kier alpha value is -0.200.